The molecule has 0 radical (unpaired) electrons. The number of benzene rings is 1. The number of imidazole rings is 1. The molecule has 2 aromatic rings. The normalized spacial score (nSPS) is 14.4. The van der Waals surface area contributed by atoms with E-state index < -0.39 is 42.1 Å². The molecule has 30 heavy (non-hydrogen) atoms. The van der Waals surface area contributed by atoms with E-state index in [2.05, 4.69) is 9.97 Å². The van der Waals surface area contributed by atoms with Crippen LogP contribution in [0.25, 0.3) is 0 Å². The van der Waals surface area contributed by atoms with E-state index in [9.17, 15) is 14.4 Å². The van der Waals surface area contributed by atoms with Crippen LogP contribution >= 0.6 is 0 Å². The van der Waals surface area contributed by atoms with Gasteiger partial charge in [0.1, 0.15) is 24.2 Å². The van der Waals surface area contributed by atoms with Gasteiger partial charge in [0.25, 0.3) is 0 Å². The third-order valence-electron chi connectivity index (χ3n) is 4.01. The van der Waals surface area contributed by atoms with Crippen LogP contribution in [-0.4, -0.2) is 62.3 Å². The fourth-order valence-corrected chi connectivity index (χ4v) is 2.22. The maximum absolute atomic E-state index is 11.7. The van der Waals surface area contributed by atoms with E-state index in [1.807, 2.05) is 30.3 Å². The molecule has 1 heterocycles. The van der Waals surface area contributed by atoms with Gasteiger partial charge in [-0.25, -0.2) is 4.98 Å². The van der Waals surface area contributed by atoms with Gasteiger partial charge in [-0.2, -0.15) is 0 Å². The number of carbonyl (C=O) groups excluding carboxylic acids is 1. The van der Waals surface area contributed by atoms with Gasteiger partial charge in [0.15, 0.2) is 0 Å². The van der Waals surface area contributed by atoms with E-state index in [0.29, 0.717) is 6.42 Å². The summed E-state index contributed by atoms with van der Waals surface area (Å²) in [6, 6.07) is 6.29. The molecule has 0 amide bonds. The van der Waals surface area contributed by atoms with Crippen LogP contribution in [0.4, 0.5) is 0 Å². The SMILES string of the molecule is C[C@@H](OC(=O)[C@@H](N)Cc1ccccc1)[C@H](N)C(=O)O.N[C@@H](Cc1cnc[nH]1)C(=O)O. The molecule has 0 unspecified atom stereocenters. The first-order chi connectivity index (χ1) is 14.1. The number of aromatic nitrogens is 2. The average molecular weight is 421 g/mol. The summed E-state index contributed by atoms with van der Waals surface area (Å²) >= 11 is 0. The molecule has 4 atom stereocenters. The number of ether oxygens (including phenoxy) is 1. The molecule has 0 saturated heterocycles. The molecule has 2 rings (SSSR count). The van der Waals surface area contributed by atoms with Crippen LogP contribution in [0.3, 0.4) is 0 Å². The predicted molar refractivity (Wildman–Crippen MR) is 107 cm³/mol. The second-order valence-corrected chi connectivity index (χ2v) is 6.53. The molecule has 11 heteroatoms. The van der Waals surface area contributed by atoms with Gasteiger partial charge in [0, 0.05) is 18.3 Å². The van der Waals surface area contributed by atoms with Gasteiger partial charge in [-0.3, -0.25) is 14.4 Å². The molecule has 9 N–H and O–H groups in total. The lowest BCUT2D eigenvalue weighted by molar-refractivity contribution is -0.154. The zero-order valence-electron chi connectivity index (χ0n) is 16.5. The van der Waals surface area contributed by atoms with Gasteiger partial charge in [-0.15, -0.1) is 0 Å². The second-order valence-electron chi connectivity index (χ2n) is 6.53. The van der Waals surface area contributed by atoms with Crippen molar-refractivity contribution in [3.8, 4) is 0 Å². The van der Waals surface area contributed by atoms with Gasteiger partial charge in [-0.1, -0.05) is 30.3 Å². The first-order valence-electron chi connectivity index (χ1n) is 9.05. The molecule has 164 valence electrons. The number of nitrogens with one attached hydrogen (secondary N) is 1. The molecule has 1 aromatic heterocycles. The number of carboxylic acids is 2. The van der Waals surface area contributed by atoms with Crippen molar-refractivity contribution in [1.82, 2.24) is 9.97 Å². The third kappa shape index (κ3) is 8.82. The number of aliphatic carboxylic acids is 2. The highest BCUT2D eigenvalue weighted by Gasteiger charge is 2.26. The number of carboxylic acid groups (broad SMARTS) is 2. The first kappa shape index (κ1) is 24.8. The first-order valence-corrected chi connectivity index (χ1v) is 9.05. The lowest BCUT2D eigenvalue weighted by Gasteiger charge is -2.19. The zero-order chi connectivity index (χ0) is 22.7. The minimum Gasteiger partial charge on any atom is -0.480 e. The number of carbonyl (C=O) groups is 3. The lowest BCUT2D eigenvalue weighted by atomic mass is 10.1. The van der Waals surface area contributed by atoms with Crippen molar-refractivity contribution >= 4 is 17.9 Å². The fraction of sp³-hybridized carbons (Fsp3) is 0.368. The molecule has 0 bridgehead atoms. The van der Waals surface area contributed by atoms with E-state index in [4.69, 9.17) is 32.2 Å². The molecular weight excluding hydrogens is 394 g/mol. The topological polar surface area (TPSA) is 208 Å². The molecule has 0 aliphatic carbocycles. The Bertz CT molecular complexity index is 799. The van der Waals surface area contributed by atoms with Crippen molar-refractivity contribution in [3.63, 3.8) is 0 Å². The number of H-pyrrole nitrogens is 1. The van der Waals surface area contributed by atoms with Gasteiger partial charge in [-0.05, 0) is 18.9 Å². The maximum Gasteiger partial charge on any atom is 0.324 e. The Labute approximate surface area is 173 Å². The van der Waals surface area contributed by atoms with Crippen LogP contribution in [0.1, 0.15) is 18.2 Å². The molecule has 0 spiro atoms. The Hall–Kier alpha value is -3.28. The standard InChI is InChI=1S/C13H18N2O4.C6H9N3O2/c1-8(11(15)12(16)17)19-13(18)10(14)7-9-5-3-2-4-6-9;7-5(6(10)11)1-4-2-8-3-9-4/h2-6,8,10-11H,7,14-15H2,1H3,(H,16,17);2-3,5H,1,7H2,(H,8,9)(H,10,11)/t8-,10+,11+;5-/m10/s1. The number of nitrogens with zero attached hydrogens (tertiary/aromatic N) is 1. The van der Waals surface area contributed by atoms with Crippen LogP contribution in [0, 0.1) is 0 Å². The number of aromatic amines is 1. The van der Waals surface area contributed by atoms with E-state index in [1.54, 1.807) is 6.20 Å². The van der Waals surface area contributed by atoms with E-state index in [1.165, 1.54) is 13.3 Å². The molecule has 0 aliphatic rings. The highest BCUT2D eigenvalue weighted by Crippen LogP contribution is 2.05. The van der Waals surface area contributed by atoms with Gasteiger partial charge >= 0.3 is 17.9 Å². The number of rotatable bonds is 9. The van der Waals surface area contributed by atoms with Gasteiger partial charge in [0.05, 0.1) is 6.33 Å². The molecule has 0 aliphatic heterocycles. The summed E-state index contributed by atoms with van der Waals surface area (Å²) in [6.45, 7) is 1.42. The van der Waals surface area contributed by atoms with E-state index >= 15 is 0 Å². The predicted octanol–water partition coefficient (Wildman–Crippen LogP) is -0.736. The minimum atomic E-state index is -1.26. The van der Waals surface area contributed by atoms with Crippen LogP contribution in [-0.2, 0) is 32.0 Å². The molecule has 0 fully saturated rings. The van der Waals surface area contributed by atoms with Crippen LogP contribution in [0.5, 0.6) is 0 Å². The second kappa shape index (κ2) is 12.3. The Kier molecular flexibility index (Phi) is 10.2. The van der Waals surface area contributed by atoms with Crippen LogP contribution < -0.4 is 17.2 Å². The highest BCUT2D eigenvalue weighted by atomic mass is 16.5. The summed E-state index contributed by atoms with van der Waals surface area (Å²) in [5.74, 6) is -2.88. The number of hydrogen-bond donors (Lipinski definition) is 6. The Balaban J connectivity index is 0.000000346. The Morgan fingerprint density at radius 1 is 1.03 bits per heavy atom. The highest BCUT2D eigenvalue weighted by molar-refractivity contribution is 5.78. The van der Waals surface area contributed by atoms with Gasteiger partial charge in [0.2, 0.25) is 0 Å². The number of esters is 1. The third-order valence-corrected chi connectivity index (χ3v) is 4.01. The van der Waals surface area contributed by atoms with E-state index in [-0.39, 0.29) is 6.42 Å². The van der Waals surface area contributed by atoms with Crippen molar-refractivity contribution in [1.29, 1.82) is 0 Å². The smallest absolute Gasteiger partial charge is 0.324 e. The summed E-state index contributed by atoms with van der Waals surface area (Å²) in [6.07, 6.45) is 2.74. The number of hydrogen-bond acceptors (Lipinski definition) is 8. The maximum atomic E-state index is 11.7. The van der Waals surface area contributed by atoms with Crippen LogP contribution in [0.15, 0.2) is 42.9 Å². The zero-order valence-corrected chi connectivity index (χ0v) is 16.5. The summed E-state index contributed by atoms with van der Waals surface area (Å²) in [5.41, 5.74) is 18.0. The fourth-order valence-electron chi connectivity index (χ4n) is 2.22. The number of nitrogens with two attached hydrogens (primary N) is 3. The Morgan fingerprint density at radius 2 is 1.67 bits per heavy atom. The summed E-state index contributed by atoms with van der Waals surface area (Å²) < 4.78 is 4.94. The minimum absolute atomic E-state index is 0.287. The van der Waals surface area contributed by atoms with Gasteiger partial charge < -0.3 is 37.1 Å². The monoisotopic (exact) mass is 421 g/mol. The van der Waals surface area contributed by atoms with Crippen LogP contribution in [0.2, 0.25) is 0 Å². The van der Waals surface area contributed by atoms with E-state index in [0.717, 1.165) is 11.3 Å². The van der Waals surface area contributed by atoms with Crippen molar-refractivity contribution in [2.75, 3.05) is 0 Å². The quantitative estimate of drug-likeness (QED) is 0.279. The molecule has 0 saturated carbocycles. The summed E-state index contributed by atoms with van der Waals surface area (Å²) in [5, 5.41) is 17.1. The lowest BCUT2D eigenvalue weighted by Crippen LogP contribution is -2.45. The van der Waals surface area contributed by atoms with Crippen molar-refractivity contribution in [2.45, 2.75) is 44.0 Å². The molecular formula is C19H27N5O6. The van der Waals surface area contributed by atoms with Crippen molar-refractivity contribution < 1.29 is 29.3 Å². The molecule has 1 aromatic carbocycles. The van der Waals surface area contributed by atoms with Crippen molar-refractivity contribution in [2.24, 2.45) is 17.2 Å². The largest absolute Gasteiger partial charge is 0.480 e. The summed E-state index contributed by atoms with van der Waals surface area (Å²) in [4.78, 5) is 39.1. The summed E-state index contributed by atoms with van der Waals surface area (Å²) in [7, 11) is 0. The molecule has 11 nitrogen and oxygen atoms in total. The average Bonchev–Trinajstić information content (AvgIpc) is 3.21. The van der Waals surface area contributed by atoms with Crippen molar-refractivity contribution in [3.05, 3.63) is 54.1 Å². The Morgan fingerprint density at radius 3 is 2.17 bits per heavy atom.